The van der Waals surface area contributed by atoms with E-state index in [1.807, 2.05) is 0 Å². The van der Waals surface area contributed by atoms with Gasteiger partial charge in [0.2, 0.25) is 0 Å². The molecule has 0 fully saturated rings. The van der Waals surface area contributed by atoms with Gasteiger partial charge in [0, 0.05) is 10.7 Å². The van der Waals surface area contributed by atoms with Gasteiger partial charge >= 0.3 is 0 Å². The molecular formula is C16H18Br2O. The second-order valence-electron chi connectivity index (χ2n) is 4.27. The first kappa shape index (κ1) is 16.4. The van der Waals surface area contributed by atoms with Crippen LogP contribution in [-0.4, -0.2) is 16.1 Å². The molecule has 0 radical (unpaired) electrons. The van der Waals surface area contributed by atoms with Crippen molar-refractivity contribution in [3.8, 4) is 11.1 Å². The van der Waals surface area contributed by atoms with Crippen LogP contribution in [0.25, 0.3) is 11.1 Å². The number of rotatable bonds is 5. The maximum Gasteiger partial charge on any atom is 0.00718 e. The molecule has 2 rings (SSSR count). The predicted octanol–water partition coefficient (Wildman–Crippen LogP) is 4.40. The molecule has 0 atom stereocenters. The SMILES string of the molecule is BrCCc1ccc(-c2ccc(CCBr)cc2)cc1.O. The highest BCUT2D eigenvalue weighted by Gasteiger charge is 1.99. The molecule has 2 N–H and O–H groups in total. The van der Waals surface area contributed by atoms with E-state index in [0.717, 1.165) is 23.5 Å². The summed E-state index contributed by atoms with van der Waals surface area (Å²) in [4.78, 5) is 0. The fourth-order valence-electron chi connectivity index (χ4n) is 1.95. The minimum absolute atomic E-state index is 0. The first-order chi connectivity index (χ1) is 8.83. The van der Waals surface area contributed by atoms with Gasteiger partial charge in [-0.05, 0) is 35.1 Å². The van der Waals surface area contributed by atoms with E-state index in [0.29, 0.717) is 0 Å². The van der Waals surface area contributed by atoms with Gasteiger partial charge in [-0.15, -0.1) is 0 Å². The van der Waals surface area contributed by atoms with Crippen LogP contribution in [0.5, 0.6) is 0 Å². The van der Waals surface area contributed by atoms with Crippen LogP contribution in [0.4, 0.5) is 0 Å². The summed E-state index contributed by atoms with van der Waals surface area (Å²) < 4.78 is 0. The van der Waals surface area contributed by atoms with Crippen molar-refractivity contribution >= 4 is 31.9 Å². The van der Waals surface area contributed by atoms with E-state index >= 15 is 0 Å². The second kappa shape index (κ2) is 8.51. The summed E-state index contributed by atoms with van der Waals surface area (Å²) in [6, 6.07) is 17.7. The zero-order valence-electron chi connectivity index (χ0n) is 10.7. The molecule has 0 saturated carbocycles. The predicted molar refractivity (Wildman–Crippen MR) is 90.5 cm³/mol. The van der Waals surface area contributed by atoms with Gasteiger partial charge in [0.1, 0.15) is 0 Å². The Morgan fingerprint density at radius 3 is 1.16 bits per heavy atom. The highest BCUT2D eigenvalue weighted by Crippen LogP contribution is 2.21. The molecule has 102 valence electrons. The van der Waals surface area contributed by atoms with Crippen molar-refractivity contribution in [1.82, 2.24) is 0 Å². The fraction of sp³-hybridized carbons (Fsp3) is 0.250. The molecule has 2 aromatic carbocycles. The zero-order chi connectivity index (χ0) is 12.8. The van der Waals surface area contributed by atoms with Gasteiger partial charge in [0.25, 0.3) is 0 Å². The summed E-state index contributed by atoms with van der Waals surface area (Å²) in [6.45, 7) is 0. The third kappa shape index (κ3) is 4.75. The minimum atomic E-state index is 0. The topological polar surface area (TPSA) is 31.5 Å². The standard InChI is InChI=1S/C16H16Br2.H2O/c17-11-9-13-1-5-15(6-2-13)16-7-3-14(4-8-16)10-12-18;/h1-8H,9-12H2;1H2. The van der Waals surface area contributed by atoms with E-state index in [-0.39, 0.29) is 5.48 Å². The van der Waals surface area contributed by atoms with E-state index in [1.54, 1.807) is 0 Å². The van der Waals surface area contributed by atoms with Crippen LogP contribution in [0, 0.1) is 0 Å². The van der Waals surface area contributed by atoms with Gasteiger partial charge in [-0.2, -0.15) is 0 Å². The number of hydrogen-bond donors (Lipinski definition) is 0. The zero-order valence-corrected chi connectivity index (χ0v) is 13.9. The fourth-order valence-corrected chi connectivity index (χ4v) is 2.86. The molecule has 0 heterocycles. The summed E-state index contributed by atoms with van der Waals surface area (Å²) in [5.41, 5.74) is 5.34. The van der Waals surface area contributed by atoms with Crippen molar-refractivity contribution in [2.45, 2.75) is 12.8 Å². The Morgan fingerprint density at radius 2 is 0.895 bits per heavy atom. The molecule has 19 heavy (non-hydrogen) atoms. The summed E-state index contributed by atoms with van der Waals surface area (Å²) in [5, 5.41) is 2.04. The molecule has 3 heteroatoms. The normalized spacial score (nSPS) is 10.0. The average molecular weight is 386 g/mol. The highest BCUT2D eigenvalue weighted by molar-refractivity contribution is 9.09. The van der Waals surface area contributed by atoms with Crippen LogP contribution in [0.3, 0.4) is 0 Å². The van der Waals surface area contributed by atoms with E-state index < -0.39 is 0 Å². The molecule has 0 aliphatic carbocycles. The number of halogens is 2. The summed E-state index contributed by atoms with van der Waals surface area (Å²) >= 11 is 6.94. The number of aryl methyl sites for hydroxylation is 2. The quantitative estimate of drug-likeness (QED) is 0.683. The smallest absolute Gasteiger partial charge is 0.00718 e. The van der Waals surface area contributed by atoms with Crippen LogP contribution in [0.2, 0.25) is 0 Å². The monoisotopic (exact) mass is 384 g/mol. The van der Waals surface area contributed by atoms with E-state index in [4.69, 9.17) is 0 Å². The molecule has 0 aromatic heterocycles. The van der Waals surface area contributed by atoms with Gasteiger partial charge in [0.15, 0.2) is 0 Å². The van der Waals surface area contributed by atoms with Crippen molar-refractivity contribution < 1.29 is 5.48 Å². The second-order valence-corrected chi connectivity index (χ2v) is 5.86. The van der Waals surface area contributed by atoms with Gasteiger partial charge in [0.05, 0.1) is 0 Å². The Hall–Kier alpha value is -0.640. The lowest BCUT2D eigenvalue weighted by atomic mass is 10.0. The summed E-state index contributed by atoms with van der Waals surface area (Å²) in [6.07, 6.45) is 2.18. The van der Waals surface area contributed by atoms with Gasteiger partial charge < -0.3 is 5.48 Å². The van der Waals surface area contributed by atoms with Crippen LogP contribution in [-0.2, 0) is 12.8 Å². The van der Waals surface area contributed by atoms with Crippen LogP contribution >= 0.6 is 31.9 Å². The van der Waals surface area contributed by atoms with Crippen molar-refractivity contribution in [1.29, 1.82) is 0 Å². The Kier molecular flexibility index (Phi) is 7.36. The lowest BCUT2D eigenvalue weighted by Gasteiger charge is -2.05. The largest absolute Gasteiger partial charge is 0.412 e. The lowest BCUT2D eigenvalue weighted by Crippen LogP contribution is -1.87. The molecule has 1 nitrogen and oxygen atoms in total. The summed E-state index contributed by atoms with van der Waals surface area (Å²) in [7, 11) is 0. The molecule has 0 saturated heterocycles. The minimum Gasteiger partial charge on any atom is -0.412 e. The third-order valence-corrected chi connectivity index (χ3v) is 3.80. The van der Waals surface area contributed by atoms with Crippen molar-refractivity contribution in [3.05, 3.63) is 59.7 Å². The van der Waals surface area contributed by atoms with Gasteiger partial charge in [-0.1, -0.05) is 80.4 Å². The highest BCUT2D eigenvalue weighted by atomic mass is 79.9. The van der Waals surface area contributed by atoms with Crippen molar-refractivity contribution in [2.75, 3.05) is 10.7 Å². The maximum atomic E-state index is 3.47. The average Bonchev–Trinajstić information content (AvgIpc) is 2.41. The molecule has 2 aromatic rings. The molecule has 0 aliphatic heterocycles. The molecular weight excluding hydrogens is 368 g/mol. The Labute approximate surface area is 131 Å². The molecule has 0 spiro atoms. The molecule has 0 unspecified atom stereocenters. The van der Waals surface area contributed by atoms with Crippen molar-refractivity contribution in [3.63, 3.8) is 0 Å². The van der Waals surface area contributed by atoms with Crippen molar-refractivity contribution in [2.24, 2.45) is 0 Å². The Morgan fingerprint density at radius 1 is 0.579 bits per heavy atom. The molecule has 0 aliphatic rings. The van der Waals surface area contributed by atoms with Gasteiger partial charge in [-0.3, -0.25) is 0 Å². The van der Waals surface area contributed by atoms with Crippen LogP contribution in [0.1, 0.15) is 11.1 Å². The number of alkyl halides is 2. The van der Waals surface area contributed by atoms with E-state index in [9.17, 15) is 0 Å². The first-order valence-electron chi connectivity index (χ1n) is 6.13. The van der Waals surface area contributed by atoms with Crippen LogP contribution < -0.4 is 0 Å². The number of hydrogen-bond acceptors (Lipinski definition) is 0. The Bertz CT molecular complexity index is 430. The van der Waals surface area contributed by atoms with E-state index in [2.05, 4.69) is 80.4 Å². The Balaban J connectivity index is 0.00000180. The number of benzene rings is 2. The molecule has 0 bridgehead atoms. The van der Waals surface area contributed by atoms with Gasteiger partial charge in [-0.25, -0.2) is 0 Å². The maximum absolute atomic E-state index is 3.47. The van der Waals surface area contributed by atoms with E-state index in [1.165, 1.54) is 22.3 Å². The lowest BCUT2D eigenvalue weighted by molar-refractivity contribution is 0.824. The van der Waals surface area contributed by atoms with Crippen LogP contribution in [0.15, 0.2) is 48.5 Å². The first-order valence-corrected chi connectivity index (χ1v) is 8.38. The third-order valence-electron chi connectivity index (χ3n) is 3.01. The summed E-state index contributed by atoms with van der Waals surface area (Å²) in [5.74, 6) is 0. The molecule has 0 amide bonds.